The molecule has 13 heteroatoms. The lowest BCUT2D eigenvalue weighted by Crippen LogP contribution is -2.58. The van der Waals surface area contributed by atoms with Crippen LogP contribution in [0.3, 0.4) is 0 Å². The maximum absolute atomic E-state index is 13.0. The highest BCUT2D eigenvalue weighted by molar-refractivity contribution is 5.84. The molecule has 8 N–H and O–H groups in total. The summed E-state index contributed by atoms with van der Waals surface area (Å²) >= 11 is 0. The standard InChI is InChI=1S/C37H43NO12/c1-19(48-2)36(47)38-13-11-37(12-14-38)24-15-20(5-9-26-30(41)34(45)32(43)28(17-39)49-26)3-7-22(24)23-8-4-21(16-25(23)37)6-10-27-31(42)35(46)33(44)29(18-40)50-27/h3-4,7-8,15-16,19,26-35,39-46H,11-14,17-18H2,1-2H3/t19-,26-,27-,28-,29-,30-,31-,32-,33-,34-,35-/m1/s1. The Labute approximate surface area is 289 Å². The highest BCUT2D eigenvalue weighted by Gasteiger charge is 2.47. The Kier molecular flexibility index (Phi) is 10.7. The van der Waals surface area contributed by atoms with Gasteiger partial charge in [-0.2, -0.15) is 0 Å². The van der Waals surface area contributed by atoms with E-state index >= 15 is 0 Å². The van der Waals surface area contributed by atoms with Crippen molar-refractivity contribution in [2.75, 3.05) is 33.4 Å². The number of aliphatic hydroxyl groups is 8. The predicted octanol–water partition coefficient (Wildman–Crippen LogP) is -2.00. The lowest BCUT2D eigenvalue weighted by molar-refractivity contribution is -0.214. The molecule has 0 radical (unpaired) electrons. The Morgan fingerprint density at radius 1 is 0.780 bits per heavy atom. The van der Waals surface area contributed by atoms with Crippen LogP contribution in [0.4, 0.5) is 0 Å². The summed E-state index contributed by atoms with van der Waals surface area (Å²) in [7, 11) is 1.50. The monoisotopic (exact) mass is 693 g/mol. The van der Waals surface area contributed by atoms with Gasteiger partial charge in [0.15, 0.2) is 0 Å². The molecule has 1 amide bonds. The fourth-order valence-electron chi connectivity index (χ4n) is 7.41. The molecular formula is C37H43NO12. The van der Waals surface area contributed by atoms with E-state index in [1.54, 1.807) is 11.8 Å². The second-order valence-corrected chi connectivity index (χ2v) is 13.3. The predicted molar refractivity (Wildman–Crippen MR) is 176 cm³/mol. The van der Waals surface area contributed by atoms with Gasteiger partial charge < -0.3 is 60.0 Å². The van der Waals surface area contributed by atoms with Crippen molar-refractivity contribution in [3.8, 4) is 34.8 Å². The molecule has 3 aliphatic heterocycles. The first-order valence-corrected chi connectivity index (χ1v) is 16.7. The number of methoxy groups -OCH3 is 1. The van der Waals surface area contributed by atoms with Gasteiger partial charge in [0.1, 0.15) is 67.1 Å². The molecule has 2 aromatic carbocycles. The van der Waals surface area contributed by atoms with Crippen molar-refractivity contribution in [2.45, 2.75) is 92.3 Å². The average molecular weight is 694 g/mol. The molecule has 11 atom stereocenters. The molecule has 6 rings (SSSR count). The molecule has 0 bridgehead atoms. The summed E-state index contributed by atoms with van der Waals surface area (Å²) in [4.78, 5) is 14.8. The third-order valence-electron chi connectivity index (χ3n) is 10.5. The Hall–Kier alpha value is -3.41. The summed E-state index contributed by atoms with van der Waals surface area (Å²) in [5.74, 6) is 11.7. The SMILES string of the molecule is CO[C@H](C)C(=O)N1CCC2(CC1)c1cc(C#C[C@H]3O[C@H](CO)[C@@H](O)[C@H](O)[C@@H]3O)ccc1-c1ccc(C#C[C@H]3O[C@H](CO)[C@@H](O)[C@H](O)[C@@H]3O)cc12. The molecule has 1 spiro atoms. The maximum Gasteiger partial charge on any atom is 0.251 e. The highest BCUT2D eigenvalue weighted by Crippen LogP contribution is 2.54. The van der Waals surface area contributed by atoms with Gasteiger partial charge in [-0.25, -0.2) is 0 Å². The highest BCUT2D eigenvalue weighted by atomic mass is 16.6. The number of hydrogen-bond donors (Lipinski definition) is 8. The average Bonchev–Trinajstić information content (AvgIpc) is 3.39. The van der Waals surface area contributed by atoms with Gasteiger partial charge in [-0.05, 0) is 66.3 Å². The summed E-state index contributed by atoms with van der Waals surface area (Å²) in [5, 5.41) is 80.8. The van der Waals surface area contributed by atoms with Crippen LogP contribution in [-0.4, -0.2) is 152 Å². The van der Waals surface area contributed by atoms with Crippen molar-refractivity contribution in [3.05, 3.63) is 58.7 Å². The van der Waals surface area contributed by atoms with Crippen LogP contribution in [0.2, 0.25) is 0 Å². The number of piperidine rings is 1. The number of hydrogen-bond acceptors (Lipinski definition) is 12. The molecule has 3 fully saturated rings. The molecule has 4 aliphatic rings. The van der Waals surface area contributed by atoms with Gasteiger partial charge in [-0.3, -0.25) is 4.79 Å². The Bertz CT molecular complexity index is 1590. The fraction of sp³-hybridized carbons (Fsp3) is 0.541. The molecule has 268 valence electrons. The summed E-state index contributed by atoms with van der Waals surface area (Å²) in [6, 6.07) is 11.5. The molecular weight excluding hydrogens is 650 g/mol. The zero-order valence-electron chi connectivity index (χ0n) is 27.7. The normalized spacial score (nSPS) is 33.4. The van der Waals surface area contributed by atoms with Crippen LogP contribution in [-0.2, 0) is 24.4 Å². The van der Waals surface area contributed by atoms with E-state index in [-0.39, 0.29) is 5.91 Å². The first-order chi connectivity index (χ1) is 23.9. The number of rotatable bonds is 4. The molecule has 1 aliphatic carbocycles. The molecule has 0 saturated carbocycles. The number of amides is 1. The minimum absolute atomic E-state index is 0.0981. The Balaban J connectivity index is 1.34. The molecule has 2 aromatic rings. The quantitative estimate of drug-likeness (QED) is 0.164. The molecule has 0 aromatic heterocycles. The summed E-state index contributed by atoms with van der Waals surface area (Å²) in [6.45, 7) is 1.54. The van der Waals surface area contributed by atoms with Crippen LogP contribution < -0.4 is 0 Å². The summed E-state index contributed by atoms with van der Waals surface area (Å²) in [5.41, 5.74) is 4.66. The van der Waals surface area contributed by atoms with Crippen molar-refractivity contribution in [1.29, 1.82) is 0 Å². The van der Waals surface area contributed by atoms with Crippen molar-refractivity contribution >= 4 is 5.91 Å². The van der Waals surface area contributed by atoms with Crippen LogP contribution in [0.25, 0.3) is 11.1 Å². The zero-order chi connectivity index (χ0) is 35.9. The van der Waals surface area contributed by atoms with Gasteiger partial charge >= 0.3 is 0 Å². The van der Waals surface area contributed by atoms with Crippen molar-refractivity contribution < 1.29 is 59.9 Å². The van der Waals surface area contributed by atoms with Crippen LogP contribution in [0.15, 0.2) is 36.4 Å². The minimum atomic E-state index is -1.54. The third kappa shape index (κ3) is 6.45. The molecule has 50 heavy (non-hydrogen) atoms. The minimum Gasteiger partial charge on any atom is -0.394 e. The molecule has 13 nitrogen and oxygen atoms in total. The van der Waals surface area contributed by atoms with Gasteiger partial charge in [-0.1, -0.05) is 35.8 Å². The molecule has 3 heterocycles. The number of carbonyl (C=O) groups is 1. The van der Waals surface area contributed by atoms with E-state index in [4.69, 9.17) is 14.2 Å². The topological polar surface area (TPSA) is 210 Å². The summed E-state index contributed by atoms with van der Waals surface area (Å²) in [6.07, 6.45) is -12.9. The van der Waals surface area contributed by atoms with E-state index in [1.807, 2.05) is 36.4 Å². The van der Waals surface area contributed by atoms with Gasteiger partial charge in [-0.15, -0.1) is 0 Å². The Morgan fingerprint density at radius 3 is 1.62 bits per heavy atom. The van der Waals surface area contributed by atoms with E-state index in [1.165, 1.54) is 7.11 Å². The second-order valence-electron chi connectivity index (χ2n) is 13.3. The molecule has 0 unspecified atom stereocenters. The van der Waals surface area contributed by atoms with E-state index in [9.17, 15) is 45.6 Å². The van der Waals surface area contributed by atoms with Crippen molar-refractivity contribution in [1.82, 2.24) is 4.90 Å². The van der Waals surface area contributed by atoms with Crippen molar-refractivity contribution in [3.63, 3.8) is 0 Å². The number of ether oxygens (including phenoxy) is 3. The van der Waals surface area contributed by atoms with Gasteiger partial charge in [0.2, 0.25) is 0 Å². The molecule has 3 saturated heterocycles. The lowest BCUT2D eigenvalue weighted by atomic mass is 9.70. The van der Waals surface area contributed by atoms with E-state index < -0.39 is 85.8 Å². The fourth-order valence-corrected chi connectivity index (χ4v) is 7.41. The Morgan fingerprint density at radius 2 is 1.22 bits per heavy atom. The number of fused-ring (bicyclic) bond motifs is 5. The third-order valence-corrected chi connectivity index (χ3v) is 10.5. The van der Waals surface area contributed by atoms with Gasteiger partial charge in [0, 0.05) is 36.7 Å². The zero-order valence-corrected chi connectivity index (χ0v) is 27.7. The van der Waals surface area contributed by atoms with E-state index in [0.717, 1.165) is 22.3 Å². The number of nitrogens with zero attached hydrogens (tertiary/aromatic N) is 1. The van der Waals surface area contributed by atoms with Gasteiger partial charge in [0.05, 0.1) is 13.2 Å². The van der Waals surface area contributed by atoms with Crippen LogP contribution in [0.5, 0.6) is 0 Å². The van der Waals surface area contributed by atoms with Crippen LogP contribution in [0, 0.1) is 23.7 Å². The first kappa shape index (κ1) is 36.4. The van der Waals surface area contributed by atoms with E-state index in [0.29, 0.717) is 37.1 Å². The number of likely N-dealkylation sites (tertiary alicyclic amines) is 1. The largest absolute Gasteiger partial charge is 0.394 e. The number of carbonyl (C=O) groups excluding carboxylic acids is 1. The maximum atomic E-state index is 13.0. The van der Waals surface area contributed by atoms with Crippen LogP contribution >= 0.6 is 0 Å². The van der Waals surface area contributed by atoms with Crippen LogP contribution in [0.1, 0.15) is 42.0 Å². The van der Waals surface area contributed by atoms with Crippen molar-refractivity contribution in [2.24, 2.45) is 0 Å². The second kappa shape index (κ2) is 14.7. The van der Waals surface area contributed by atoms with Gasteiger partial charge in [0.25, 0.3) is 5.91 Å². The number of benzene rings is 2. The number of aliphatic hydroxyl groups excluding tert-OH is 8. The first-order valence-electron chi connectivity index (χ1n) is 16.7. The van der Waals surface area contributed by atoms with E-state index in [2.05, 4.69) is 23.7 Å². The lowest BCUT2D eigenvalue weighted by Gasteiger charge is -2.41. The summed E-state index contributed by atoms with van der Waals surface area (Å²) < 4.78 is 16.4. The smallest absolute Gasteiger partial charge is 0.251 e.